The molecule has 1 aliphatic carbocycles. The van der Waals surface area contributed by atoms with E-state index in [-0.39, 0.29) is 42.8 Å². The van der Waals surface area contributed by atoms with E-state index in [2.05, 4.69) is 31.4 Å². The molecule has 39 heavy (non-hydrogen) atoms. The third kappa shape index (κ3) is 8.77. The smallest absolute Gasteiger partial charge is 0.318 e. The van der Waals surface area contributed by atoms with Gasteiger partial charge in [0, 0.05) is 38.2 Å². The van der Waals surface area contributed by atoms with Gasteiger partial charge in [-0.2, -0.15) is 0 Å². The third-order valence-electron chi connectivity index (χ3n) is 7.68. The second-order valence-electron chi connectivity index (χ2n) is 11.3. The fourth-order valence-corrected chi connectivity index (χ4v) is 5.66. The van der Waals surface area contributed by atoms with E-state index in [9.17, 15) is 14.4 Å². The Morgan fingerprint density at radius 2 is 1.72 bits per heavy atom. The van der Waals surface area contributed by atoms with Crippen molar-refractivity contribution >= 4 is 17.8 Å². The zero-order valence-corrected chi connectivity index (χ0v) is 24.5. The summed E-state index contributed by atoms with van der Waals surface area (Å²) in [6, 6.07) is 4.40. The van der Waals surface area contributed by atoms with E-state index in [1.54, 1.807) is 30.1 Å². The lowest BCUT2D eigenvalue weighted by Gasteiger charge is -2.47. The highest BCUT2D eigenvalue weighted by Gasteiger charge is 2.44. The number of carbonyl (C=O) groups excluding carboxylic acids is 3. The van der Waals surface area contributed by atoms with Crippen molar-refractivity contribution in [1.82, 2.24) is 20.4 Å². The Morgan fingerprint density at radius 3 is 2.31 bits per heavy atom. The van der Waals surface area contributed by atoms with Crippen LogP contribution in [-0.2, 0) is 16.1 Å². The first-order chi connectivity index (χ1) is 18.7. The molecule has 218 valence electrons. The maximum Gasteiger partial charge on any atom is 0.318 e. The number of nitrogens with zero attached hydrogens (tertiary/aromatic N) is 2. The van der Waals surface area contributed by atoms with Gasteiger partial charge in [0.1, 0.15) is 17.5 Å². The number of urea groups is 1. The van der Waals surface area contributed by atoms with Crippen LogP contribution >= 0.6 is 0 Å². The molecule has 4 amide bonds. The van der Waals surface area contributed by atoms with E-state index in [1.807, 2.05) is 12.1 Å². The van der Waals surface area contributed by atoms with Gasteiger partial charge in [0.05, 0.1) is 20.3 Å². The molecule has 0 unspecified atom stereocenters. The Balaban J connectivity index is 1.89. The molecule has 1 saturated carbocycles. The Bertz CT molecular complexity index is 940. The van der Waals surface area contributed by atoms with Crippen molar-refractivity contribution in [3.63, 3.8) is 0 Å². The Labute approximate surface area is 234 Å². The van der Waals surface area contributed by atoms with Crippen molar-refractivity contribution in [3.8, 4) is 11.5 Å². The molecular formula is C30H48N4O5. The average Bonchev–Trinajstić information content (AvgIpc) is 2.91. The molecule has 2 atom stereocenters. The molecule has 2 fully saturated rings. The largest absolute Gasteiger partial charge is 0.497 e. The molecule has 1 saturated heterocycles. The van der Waals surface area contributed by atoms with Gasteiger partial charge in [-0.15, -0.1) is 0 Å². The number of carbonyl (C=O) groups is 3. The van der Waals surface area contributed by atoms with Gasteiger partial charge in [0.25, 0.3) is 0 Å². The molecule has 2 N–H and O–H groups in total. The first kappa shape index (κ1) is 30.6. The molecule has 0 aromatic heterocycles. The summed E-state index contributed by atoms with van der Waals surface area (Å²) in [7, 11) is 3.19. The van der Waals surface area contributed by atoms with Gasteiger partial charge in [-0.3, -0.25) is 9.59 Å². The van der Waals surface area contributed by atoms with Gasteiger partial charge in [-0.25, -0.2) is 4.79 Å². The summed E-state index contributed by atoms with van der Waals surface area (Å²) in [6.07, 6.45) is 7.87. The van der Waals surface area contributed by atoms with Crippen molar-refractivity contribution in [2.45, 2.75) is 103 Å². The van der Waals surface area contributed by atoms with E-state index in [4.69, 9.17) is 9.47 Å². The van der Waals surface area contributed by atoms with Crippen LogP contribution in [0.15, 0.2) is 18.2 Å². The lowest BCUT2D eigenvalue weighted by atomic mass is 9.93. The number of methoxy groups -OCH3 is 2. The minimum Gasteiger partial charge on any atom is -0.497 e. The molecule has 0 radical (unpaired) electrons. The van der Waals surface area contributed by atoms with Gasteiger partial charge in [0.15, 0.2) is 0 Å². The minimum absolute atomic E-state index is 0.0908. The monoisotopic (exact) mass is 544 g/mol. The van der Waals surface area contributed by atoms with Crippen molar-refractivity contribution in [2.24, 2.45) is 5.92 Å². The summed E-state index contributed by atoms with van der Waals surface area (Å²) < 4.78 is 10.9. The number of ether oxygens (including phenoxy) is 2. The number of unbranched alkanes of at least 4 members (excludes halogenated alkanes) is 1. The van der Waals surface area contributed by atoms with Crippen LogP contribution in [0.25, 0.3) is 0 Å². The lowest BCUT2D eigenvalue weighted by Crippen LogP contribution is -2.66. The summed E-state index contributed by atoms with van der Waals surface area (Å²) >= 11 is 0. The van der Waals surface area contributed by atoms with Crippen LogP contribution in [0.1, 0.15) is 84.1 Å². The fraction of sp³-hybridized carbons (Fsp3) is 0.700. The van der Waals surface area contributed by atoms with E-state index in [0.29, 0.717) is 31.0 Å². The molecule has 2 aliphatic rings. The highest BCUT2D eigenvalue weighted by atomic mass is 16.5. The molecule has 0 bridgehead atoms. The topological polar surface area (TPSA) is 100 Å². The van der Waals surface area contributed by atoms with Crippen molar-refractivity contribution in [1.29, 1.82) is 0 Å². The van der Waals surface area contributed by atoms with E-state index in [0.717, 1.165) is 44.1 Å². The molecule has 1 aromatic rings. The van der Waals surface area contributed by atoms with Crippen molar-refractivity contribution < 1.29 is 23.9 Å². The average molecular weight is 545 g/mol. The second kappa shape index (κ2) is 15.0. The van der Waals surface area contributed by atoms with Crippen LogP contribution in [0.5, 0.6) is 11.5 Å². The van der Waals surface area contributed by atoms with Crippen LogP contribution in [0.4, 0.5) is 4.79 Å². The predicted molar refractivity (Wildman–Crippen MR) is 152 cm³/mol. The van der Waals surface area contributed by atoms with Gasteiger partial charge in [-0.1, -0.05) is 46.5 Å². The molecule has 9 heteroatoms. The number of hydrogen-bond donors (Lipinski definition) is 2. The molecule has 1 aromatic carbocycles. The van der Waals surface area contributed by atoms with Crippen LogP contribution in [0.2, 0.25) is 0 Å². The maximum atomic E-state index is 14.0. The maximum absolute atomic E-state index is 14.0. The number of nitrogens with one attached hydrogen (secondary N) is 2. The van der Waals surface area contributed by atoms with Crippen LogP contribution in [0.3, 0.4) is 0 Å². The Hall–Kier alpha value is -2.97. The number of piperazine rings is 1. The quantitative estimate of drug-likeness (QED) is 0.378. The minimum atomic E-state index is -0.636. The molecule has 1 heterocycles. The summed E-state index contributed by atoms with van der Waals surface area (Å²) in [5.74, 6) is 1.30. The molecule has 9 nitrogen and oxygen atoms in total. The summed E-state index contributed by atoms with van der Waals surface area (Å²) in [5, 5.41) is 6.21. The zero-order valence-electron chi connectivity index (χ0n) is 24.5. The van der Waals surface area contributed by atoms with Crippen LogP contribution in [0, 0.1) is 5.92 Å². The second-order valence-corrected chi connectivity index (χ2v) is 11.3. The lowest BCUT2D eigenvalue weighted by molar-refractivity contribution is -0.145. The van der Waals surface area contributed by atoms with E-state index >= 15 is 0 Å². The highest BCUT2D eigenvalue weighted by Crippen LogP contribution is 2.29. The zero-order chi connectivity index (χ0) is 28.4. The molecular weight excluding hydrogens is 496 g/mol. The number of hydrogen-bond acceptors (Lipinski definition) is 5. The normalized spacial score (nSPS) is 20.2. The Morgan fingerprint density at radius 1 is 1.05 bits per heavy atom. The predicted octanol–water partition coefficient (Wildman–Crippen LogP) is 4.48. The van der Waals surface area contributed by atoms with Gasteiger partial charge >= 0.3 is 6.03 Å². The van der Waals surface area contributed by atoms with E-state index < -0.39 is 12.1 Å². The molecule has 1 aliphatic heterocycles. The SMILES string of the molecule is CCCCNC(=O)C[C@@H]1CN(Cc2cc(OC)cc(OC)c2)C(=O)[C@H](CC(C)C)N1C(=O)NC1CCCCC1. The Kier molecular flexibility index (Phi) is 11.7. The number of amides is 4. The highest BCUT2D eigenvalue weighted by molar-refractivity contribution is 5.89. The molecule has 3 rings (SSSR count). The summed E-state index contributed by atoms with van der Waals surface area (Å²) in [6.45, 7) is 7.43. The molecule has 0 spiro atoms. The van der Waals surface area contributed by atoms with Gasteiger partial charge in [0.2, 0.25) is 11.8 Å². The van der Waals surface area contributed by atoms with Gasteiger partial charge < -0.3 is 29.9 Å². The fourth-order valence-electron chi connectivity index (χ4n) is 5.66. The van der Waals surface area contributed by atoms with Crippen LogP contribution < -0.4 is 20.1 Å². The number of rotatable bonds is 12. The number of benzene rings is 1. The van der Waals surface area contributed by atoms with E-state index in [1.165, 1.54) is 6.42 Å². The standard InChI is InChI=1S/C30H48N4O5/c1-6-7-13-31-28(35)17-24-20-33(19-22-15-25(38-4)18-26(16-22)39-5)29(36)27(14-21(2)3)34(24)30(37)32-23-11-9-8-10-12-23/h15-16,18,21,23-24,27H,6-14,17,19-20H2,1-5H3,(H,31,35)(H,32,37)/t24-,27+/m1/s1. The van der Waals surface area contributed by atoms with Crippen LogP contribution in [-0.4, -0.2) is 73.1 Å². The van der Waals surface area contributed by atoms with Crippen molar-refractivity contribution in [2.75, 3.05) is 27.3 Å². The third-order valence-corrected chi connectivity index (χ3v) is 7.68. The first-order valence-electron chi connectivity index (χ1n) is 14.6. The van der Waals surface area contributed by atoms with Crippen molar-refractivity contribution in [3.05, 3.63) is 23.8 Å². The van der Waals surface area contributed by atoms with Gasteiger partial charge in [-0.05, 0) is 49.3 Å². The summed E-state index contributed by atoms with van der Waals surface area (Å²) in [4.78, 5) is 44.2. The first-order valence-corrected chi connectivity index (χ1v) is 14.6. The summed E-state index contributed by atoms with van der Waals surface area (Å²) in [5.41, 5.74) is 0.870.